The Morgan fingerprint density at radius 1 is 0.926 bits per heavy atom. The largest absolute Gasteiger partial charge is 0.338 e. The Hall–Kier alpha value is -2.53. The fourth-order valence-electron chi connectivity index (χ4n) is 2.76. The van der Waals surface area contributed by atoms with Crippen molar-refractivity contribution in [3.05, 3.63) is 81.3 Å². The molecule has 0 unspecified atom stereocenters. The maximum atomic E-state index is 12.5. The van der Waals surface area contributed by atoms with E-state index in [1.165, 1.54) is 0 Å². The van der Waals surface area contributed by atoms with Crippen molar-refractivity contribution in [3.8, 4) is 11.4 Å². The summed E-state index contributed by atoms with van der Waals surface area (Å²) in [4.78, 5) is 20.2. The van der Waals surface area contributed by atoms with Crippen molar-refractivity contribution in [3.63, 3.8) is 0 Å². The lowest BCUT2D eigenvalue weighted by Crippen LogP contribution is -2.11. The molecule has 0 radical (unpaired) electrons. The molecule has 0 fully saturated rings. The Balaban J connectivity index is 1.68. The molecule has 3 aromatic carbocycles. The maximum absolute atomic E-state index is 12.5. The molecule has 0 aliphatic rings. The van der Waals surface area contributed by atoms with E-state index in [-0.39, 0.29) is 5.91 Å². The lowest BCUT2D eigenvalue weighted by molar-refractivity contribution is 0.102. The number of benzene rings is 3. The van der Waals surface area contributed by atoms with E-state index in [0.717, 1.165) is 0 Å². The fraction of sp³-hybridized carbons (Fsp3) is 0. The highest BCUT2D eigenvalue weighted by Crippen LogP contribution is 2.34. The number of amides is 1. The topological polar surface area (TPSA) is 57.8 Å². The van der Waals surface area contributed by atoms with Crippen LogP contribution in [-0.2, 0) is 0 Å². The van der Waals surface area contributed by atoms with Crippen molar-refractivity contribution in [1.29, 1.82) is 0 Å². The molecule has 0 bridgehead atoms. The van der Waals surface area contributed by atoms with E-state index in [0.29, 0.717) is 48.7 Å². The van der Waals surface area contributed by atoms with Crippen molar-refractivity contribution < 1.29 is 4.79 Å². The van der Waals surface area contributed by atoms with Crippen LogP contribution in [0.15, 0.2) is 60.7 Å². The monoisotopic (exact) mass is 415 g/mol. The number of nitrogens with zero attached hydrogens (tertiary/aromatic N) is 1. The molecule has 0 saturated carbocycles. The fourth-order valence-corrected chi connectivity index (χ4v) is 3.53. The van der Waals surface area contributed by atoms with Crippen LogP contribution in [0.3, 0.4) is 0 Å². The van der Waals surface area contributed by atoms with Gasteiger partial charge in [-0.05, 0) is 48.5 Å². The van der Waals surface area contributed by atoms with Crippen molar-refractivity contribution in [2.75, 3.05) is 5.32 Å². The maximum Gasteiger partial charge on any atom is 0.255 e. The summed E-state index contributed by atoms with van der Waals surface area (Å²) in [6.07, 6.45) is 0. The zero-order valence-electron chi connectivity index (χ0n) is 13.8. The summed E-state index contributed by atoms with van der Waals surface area (Å²) >= 11 is 18.5. The van der Waals surface area contributed by atoms with Crippen molar-refractivity contribution in [2.24, 2.45) is 0 Å². The Morgan fingerprint density at radius 2 is 1.67 bits per heavy atom. The number of carbonyl (C=O) groups excluding carboxylic acids is 1. The van der Waals surface area contributed by atoms with Crippen LogP contribution in [0.4, 0.5) is 5.69 Å². The molecule has 4 rings (SSSR count). The summed E-state index contributed by atoms with van der Waals surface area (Å²) in [7, 11) is 0. The number of H-pyrrole nitrogens is 1. The molecule has 4 aromatic rings. The molecule has 1 aromatic heterocycles. The normalized spacial score (nSPS) is 10.9. The Kier molecular flexibility index (Phi) is 4.79. The second-order valence-corrected chi connectivity index (χ2v) is 7.13. The van der Waals surface area contributed by atoms with E-state index in [4.69, 9.17) is 34.8 Å². The molecule has 27 heavy (non-hydrogen) atoms. The molecule has 2 N–H and O–H groups in total. The average molecular weight is 417 g/mol. The van der Waals surface area contributed by atoms with Gasteiger partial charge in [-0.25, -0.2) is 4.98 Å². The SMILES string of the molecule is O=C(Nc1cccc(Cl)c1)c1ccc2nc(-c3c(Cl)cccc3Cl)[nH]c2c1. The highest BCUT2D eigenvalue weighted by atomic mass is 35.5. The molecule has 1 amide bonds. The molecular weight excluding hydrogens is 405 g/mol. The van der Waals surface area contributed by atoms with Gasteiger partial charge in [-0.2, -0.15) is 0 Å². The molecule has 0 saturated heterocycles. The zero-order chi connectivity index (χ0) is 19.0. The quantitative estimate of drug-likeness (QED) is 0.403. The van der Waals surface area contributed by atoms with Gasteiger partial charge in [0.1, 0.15) is 5.82 Å². The minimum atomic E-state index is -0.244. The van der Waals surface area contributed by atoms with Crippen LogP contribution < -0.4 is 5.32 Å². The van der Waals surface area contributed by atoms with E-state index in [1.54, 1.807) is 60.7 Å². The standard InChI is InChI=1S/C20H12Cl3N3O/c21-12-3-1-4-13(10-12)24-20(27)11-7-8-16-17(9-11)26-19(25-16)18-14(22)5-2-6-15(18)23/h1-10H,(H,24,27)(H,25,26). The van der Waals surface area contributed by atoms with Crippen molar-refractivity contribution >= 4 is 57.4 Å². The lowest BCUT2D eigenvalue weighted by Gasteiger charge is -2.05. The first-order valence-electron chi connectivity index (χ1n) is 8.02. The van der Waals surface area contributed by atoms with Gasteiger partial charge < -0.3 is 10.3 Å². The average Bonchev–Trinajstić information content (AvgIpc) is 3.04. The number of carbonyl (C=O) groups is 1. The van der Waals surface area contributed by atoms with Crippen LogP contribution >= 0.6 is 34.8 Å². The van der Waals surface area contributed by atoms with Crippen LogP contribution in [0, 0.1) is 0 Å². The van der Waals surface area contributed by atoms with Gasteiger partial charge in [-0.3, -0.25) is 4.79 Å². The van der Waals surface area contributed by atoms with Crippen molar-refractivity contribution in [2.45, 2.75) is 0 Å². The van der Waals surface area contributed by atoms with Crippen LogP contribution in [0.25, 0.3) is 22.4 Å². The van der Waals surface area contributed by atoms with E-state index >= 15 is 0 Å². The summed E-state index contributed by atoms with van der Waals surface area (Å²) in [5.74, 6) is 0.305. The van der Waals surface area contributed by atoms with E-state index in [2.05, 4.69) is 15.3 Å². The van der Waals surface area contributed by atoms with Gasteiger partial charge in [0, 0.05) is 16.3 Å². The first kappa shape index (κ1) is 17.9. The predicted octanol–water partition coefficient (Wildman–Crippen LogP) is 6.44. The van der Waals surface area contributed by atoms with Gasteiger partial charge in [0.05, 0.1) is 26.6 Å². The van der Waals surface area contributed by atoms with Crippen LogP contribution in [0.5, 0.6) is 0 Å². The molecule has 0 aliphatic heterocycles. The molecule has 1 heterocycles. The number of imidazole rings is 1. The minimum absolute atomic E-state index is 0.244. The number of fused-ring (bicyclic) bond motifs is 1. The third-order valence-corrected chi connectivity index (χ3v) is 4.89. The molecule has 134 valence electrons. The summed E-state index contributed by atoms with van der Waals surface area (Å²) in [6, 6.07) is 17.5. The minimum Gasteiger partial charge on any atom is -0.338 e. The first-order chi connectivity index (χ1) is 13.0. The number of hydrogen-bond acceptors (Lipinski definition) is 2. The summed E-state index contributed by atoms with van der Waals surface area (Å²) in [5, 5.41) is 4.38. The number of anilines is 1. The molecule has 0 spiro atoms. The zero-order valence-corrected chi connectivity index (χ0v) is 16.0. The molecule has 7 heteroatoms. The molecule has 0 atom stereocenters. The number of rotatable bonds is 3. The van der Waals surface area contributed by atoms with Gasteiger partial charge >= 0.3 is 0 Å². The highest BCUT2D eigenvalue weighted by molar-refractivity contribution is 6.39. The second-order valence-electron chi connectivity index (χ2n) is 5.88. The number of halogens is 3. The lowest BCUT2D eigenvalue weighted by atomic mass is 10.2. The summed E-state index contributed by atoms with van der Waals surface area (Å²) < 4.78 is 0. The number of hydrogen-bond donors (Lipinski definition) is 2. The van der Waals surface area contributed by atoms with Crippen LogP contribution in [0.1, 0.15) is 10.4 Å². The Bertz CT molecular complexity index is 1150. The molecule has 0 aliphatic carbocycles. The predicted molar refractivity (Wildman–Crippen MR) is 111 cm³/mol. The van der Waals surface area contributed by atoms with Gasteiger partial charge in [0.2, 0.25) is 0 Å². The molecular formula is C20H12Cl3N3O. The van der Waals surface area contributed by atoms with Crippen LogP contribution in [-0.4, -0.2) is 15.9 Å². The van der Waals surface area contributed by atoms with Gasteiger partial charge in [0.15, 0.2) is 0 Å². The van der Waals surface area contributed by atoms with E-state index < -0.39 is 0 Å². The smallest absolute Gasteiger partial charge is 0.255 e. The first-order valence-corrected chi connectivity index (χ1v) is 9.16. The van der Waals surface area contributed by atoms with Gasteiger partial charge in [-0.1, -0.05) is 46.9 Å². The summed E-state index contributed by atoms with van der Waals surface area (Å²) in [5.41, 5.74) is 3.16. The number of nitrogens with one attached hydrogen (secondary N) is 2. The van der Waals surface area contributed by atoms with Crippen molar-refractivity contribution in [1.82, 2.24) is 9.97 Å². The Morgan fingerprint density at radius 3 is 2.41 bits per heavy atom. The third kappa shape index (κ3) is 3.65. The third-order valence-electron chi connectivity index (χ3n) is 4.03. The van der Waals surface area contributed by atoms with E-state index in [9.17, 15) is 4.79 Å². The molecule has 4 nitrogen and oxygen atoms in total. The Labute approximate surface area is 170 Å². The van der Waals surface area contributed by atoms with E-state index in [1.807, 2.05) is 0 Å². The van der Waals surface area contributed by atoms with Gasteiger partial charge in [-0.15, -0.1) is 0 Å². The van der Waals surface area contributed by atoms with Gasteiger partial charge in [0.25, 0.3) is 5.91 Å². The number of aromatic amines is 1. The number of aromatic nitrogens is 2. The highest BCUT2D eigenvalue weighted by Gasteiger charge is 2.14. The van der Waals surface area contributed by atoms with Crippen LogP contribution in [0.2, 0.25) is 15.1 Å². The second kappa shape index (κ2) is 7.24. The summed E-state index contributed by atoms with van der Waals surface area (Å²) in [6.45, 7) is 0.